The van der Waals surface area contributed by atoms with Crippen molar-refractivity contribution >= 4 is 0 Å². The summed E-state index contributed by atoms with van der Waals surface area (Å²) in [5.74, 6) is 0. The van der Waals surface area contributed by atoms with Gasteiger partial charge in [0.1, 0.15) is 0 Å². The summed E-state index contributed by atoms with van der Waals surface area (Å²) in [5, 5.41) is 2.78. The fourth-order valence-electron chi connectivity index (χ4n) is 1.63. The number of rotatable bonds is 4. The Balaban J connectivity index is 3.10. The van der Waals surface area contributed by atoms with Crippen molar-refractivity contribution in [1.29, 1.82) is 0 Å². The monoisotopic (exact) mass is 285 g/mol. The lowest BCUT2D eigenvalue weighted by Gasteiger charge is -2.14. The molecule has 0 saturated carbocycles. The number of alkyl halides is 6. The number of aryl methyl sites for hydroxylation is 1. The summed E-state index contributed by atoms with van der Waals surface area (Å²) in [6.45, 7) is 0.525. The molecule has 0 fully saturated rings. The third kappa shape index (κ3) is 4.74. The van der Waals surface area contributed by atoms with E-state index in [2.05, 4.69) is 5.32 Å². The van der Waals surface area contributed by atoms with E-state index in [1.165, 1.54) is 0 Å². The average molecular weight is 285 g/mol. The van der Waals surface area contributed by atoms with Crippen LogP contribution in [0.15, 0.2) is 18.2 Å². The second kappa shape index (κ2) is 5.81. The van der Waals surface area contributed by atoms with Crippen LogP contribution >= 0.6 is 0 Å². The van der Waals surface area contributed by atoms with Gasteiger partial charge >= 0.3 is 12.4 Å². The van der Waals surface area contributed by atoms with Crippen molar-refractivity contribution in [2.45, 2.75) is 25.2 Å². The molecule has 0 aliphatic rings. The number of hydrogen-bond acceptors (Lipinski definition) is 1. The van der Waals surface area contributed by atoms with Gasteiger partial charge in [-0.25, -0.2) is 0 Å². The lowest BCUT2D eigenvalue weighted by molar-refractivity contribution is -0.143. The summed E-state index contributed by atoms with van der Waals surface area (Å²) < 4.78 is 75.3. The summed E-state index contributed by atoms with van der Waals surface area (Å²) >= 11 is 0. The van der Waals surface area contributed by atoms with Crippen LogP contribution in [0.3, 0.4) is 0 Å². The lowest BCUT2D eigenvalue weighted by Crippen LogP contribution is -2.13. The average Bonchev–Trinajstić information content (AvgIpc) is 2.27. The quantitative estimate of drug-likeness (QED) is 0.654. The number of halogens is 6. The molecule has 0 radical (unpaired) electrons. The molecule has 0 aliphatic heterocycles. The molecule has 1 nitrogen and oxygen atoms in total. The predicted octanol–water partition coefficient (Wildman–Crippen LogP) is 3.88. The maximum atomic E-state index is 12.5. The number of hydrogen-bond donors (Lipinski definition) is 1. The highest BCUT2D eigenvalue weighted by molar-refractivity contribution is 5.33. The third-order valence-electron chi connectivity index (χ3n) is 2.54. The standard InChI is InChI=1S/C12H13F6N/c1-19-4-2-3-8-5-9(11(13,14)15)7-10(6-8)12(16,17)18/h5-7,19H,2-4H2,1H3. The van der Waals surface area contributed by atoms with Crippen LogP contribution in [-0.4, -0.2) is 13.6 Å². The van der Waals surface area contributed by atoms with Crippen molar-refractivity contribution in [1.82, 2.24) is 5.32 Å². The van der Waals surface area contributed by atoms with Crippen molar-refractivity contribution < 1.29 is 26.3 Å². The Bertz CT molecular complexity index is 389. The Morgan fingerprint density at radius 1 is 0.895 bits per heavy atom. The molecule has 0 aromatic heterocycles. The molecule has 1 rings (SSSR count). The normalized spacial score (nSPS) is 12.8. The molecule has 0 saturated heterocycles. The van der Waals surface area contributed by atoms with E-state index in [0.717, 1.165) is 12.1 Å². The maximum absolute atomic E-state index is 12.5. The zero-order chi connectivity index (χ0) is 14.7. The van der Waals surface area contributed by atoms with Crippen LogP contribution < -0.4 is 5.32 Å². The van der Waals surface area contributed by atoms with Crippen molar-refractivity contribution in [2.24, 2.45) is 0 Å². The Kier molecular flexibility index (Phi) is 4.84. The maximum Gasteiger partial charge on any atom is 0.416 e. The summed E-state index contributed by atoms with van der Waals surface area (Å²) in [6.07, 6.45) is -8.93. The highest BCUT2D eigenvalue weighted by Crippen LogP contribution is 2.36. The van der Waals surface area contributed by atoms with Gasteiger partial charge in [-0.2, -0.15) is 26.3 Å². The van der Waals surface area contributed by atoms with Gasteiger partial charge in [0.05, 0.1) is 11.1 Å². The van der Waals surface area contributed by atoms with E-state index in [0.29, 0.717) is 13.0 Å². The Morgan fingerprint density at radius 3 is 1.74 bits per heavy atom. The molecule has 19 heavy (non-hydrogen) atoms. The third-order valence-corrected chi connectivity index (χ3v) is 2.54. The van der Waals surface area contributed by atoms with E-state index < -0.39 is 23.5 Å². The summed E-state index contributed by atoms with van der Waals surface area (Å²) in [5.41, 5.74) is -2.49. The van der Waals surface area contributed by atoms with Crippen LogP contribution in [0.5, 0.6) is 0 Å². The van der Waals surface area contributed by atoms with Gasteiger partial charge in [-0.05, 0) is 50.2 Å². The minimum absolute atomic E-state index is 0.0393. The van der Waals surface area contributed by atoms with Crippen molar-refractivity contribution in [2.75, 3.05) is 13.6 Å². The molecular formula is C12H13F6N. The fraction of sp³-hybridized carbons (Fsp3) is 0.500. The van der Waals surface area contributed by atoms with Gasteiger partial charge in [-0.15, -0.1) is 0 Å². The molecule has 0 unspecified atom stereocenters. The molecule has 0 aliphatic carbocycles. The van der Waals surface area contributed by atoms with E-state index in [1.807, 2.05) is 0 Å². The van der Waals surface area contributed by atoms with Gasteiger partial charge in [0.15, 0.2) is 0 Å². The number of benzene rings is 1. The minimum Gasteiger partial charge on any atom is -0.320 e. The van der Waals surface area contributed by atoms with Crippen LogP contribution in [0.4, 0.5) is 26.3 Å². The largest absolute Gasteiger partial charge is 0.416 e. The van der Waals surface area contributed by atoms with Crippen LogP contribution in [-0.2, 0) is 18.8 Å². The van der Waals surface area contributed by atoms with E-state index in [4.69, 9.17) is 0 Å². The van der Waals surface area contributed by atoms with Crippen molar-refractivity contribution in [3.05, 3.63) is 34.9 Å². The van der Waals surface area contributed by atoms with Crippen LogP contribution in [0.25, 0.3) is 0 Å². The first-order valence-corrected chi connectivity index (χ1v) is 5.57. The molecule has 1 aromatic carbocycles. The van der Waals surface area contributed by atoms with Crippen molar-refractivity contribution in [3.63, 3.8) is 0 Å². The van der Waals surface area contributed by atoms with Gasteiger partial charge < -0.3 is 5.32 Å². The molecule has 108 valence electrons. The molecule has 0 spiro atoms. The summed E-state index contributed by atoms with van der Waals surface area (Å²) in [7, 11) is 1.66. The first-order chi connectivity index (χ1) is 8.64. The minimum atomic E-state index is -4.78. The Morgan fingerprint density at radius 2 is 1.37 bits per heavy atom. The summed E-state index contributed by atoms with van der Waals surface area (Å²) in [6, 6.07) is 1.68. The second-order valence-corrected chi connectivity index (χ2v) is 4.12. The van der Waals surface area contributed by atoms with Gasteiger partial charge in [0.25, 0.3) is 0 Å². The number of nitrogens with one attached hydrogen (secondary N) is 1. The zero-order valence-electron chi connectivity index (χ0n) is 10.1. The molecule has 7 heteroatoms. The van der Waals surface area contributed by atoms with E-state index in [9.17, 15) is 26.3 Å². The lowest BCUT2D eigenvalue weighted by atomic mass is 10.0. The highest BCUT2D eigenvalue weighted by Gasteiger charge is 2.36. The van der Waals surface area contributed by atoms with Crippen LogP contribution in [0.1, 0.15) is 23.1 Å². The van der Waals surface area contributed by atoms with E-state index in [1.54, 1.807) is 7.05 Å². The first-order valence-electron chi connectivity index (χ1n) is 5.57. The molecule has 0 heterocycles. The fourth-order valence-corrected chi connectivity index (χ4v) is 1.63. The zero-order valence-corrected chi connectivity index (χ0v) is 10.1. The predicted molar refractivity (Wildman–Crippen MR) is 58.7 cm³/mol. The van der Waals surface area contributed by atoms with Gasteiger partial charge in [0, 0.05) is 0 Å². The van der Waals surface area contributed by atoms with E-state index >= 15 is 0 Å². The molecule has 0 bridgehead atoms. The Hall–Kier alpha value is -1.24. The molecule has 1 aromatic rings. The highest BCUT2D eigenvalue weighted by atomic mass is 19.4. The first kappa shape index (κ1) is 15.8. The topological polar surface area (TPSA) is 12.0 Å². The van der Waals surface area contributed by atoms with Crippen LogP contribution in [0.2, 0.25) is 0 Å². The molecular weight excluding hydrogens is 272 g/mol. The van der Waals surface area contributed by atoms with Crippen molar-refractivity contribution in [3.8, 4) is 0 Å². The second-order valence-electron chi connectivity index (χ2n) is 4.12. The van der Waals surface area contributed by atoms with Gasteiger partial charge in [0.2, 0.25) is 0 Å². The molecule has 0 amide bonds. The SMILES string of the molecule is CNCCCc1cc(C(F)(F)F)cc(C(F)(F)F)c1. The van der Waals surface area contributed by atoms with Gasteiger partial charge in [-0.3, -0.25) is 0 Å². The van der Waals surface area contributed by atoms with Crippen LogP contribution in [0, 0.1) is 0 Å². The van der Waals surface area contributed by atoms with E-state index in [-0.39, 0.29) is 18.1 Å². The smallest absolute Gasteiger partial charge is 0.320 e. The molecule has 0 atom stereocenters. The summed E-state index contributed by atoms with van der Waals surface area (Å²) in [4.78, 5) is 0. The van der Waals surface area contributed by atoms with Gasteiger partial charge in [-0.1, -0.05) is 0 Å². The molecule has 1 N–H and O–H groups in total. The Labute approximate surface area is 106 Å².